The average molecular weight is 384 g/mol. The Kier molecular flexibility index (Phi) is 9.81. The van der Waals surface area contributed by atoms with E-state index < -0.39 is 0 Å². The molecule has 0 saturated heterocycles. The number of benzene rings is 2. The molecule has 2 aromatic rings. The van der Waals surface area contributed by atoms with Crippen LogP contribution in [-0.2, 0) is 6.42 Å². The SMILES string of the molecule is C=C(S/C=C(\C)Cc1cc(C)c(NC)cc1OC)c1ccc(C)cc1.CC. The first-order chi connectivity index (χ1) is 12.9. The van der Waals surface area contributed by atoms with Crippen LogP contribution in [-0.4, -0.2) is 14.2 Å². The Hall–Kier alpha value is -2.13. The van der Waals surface area contributed by atoms with Gasteiger partial charge in [-0.25, -0.2) is 0 Å². The summed E-state index contributed by atoms with van der Waals surface area (Å²) in [6.07, 6.45) is 0.863. The highest BCUT2D eigenvalue weighted by Crippen LogP contribution is 2.31. The second-order valence-electron chi connectivity index (χ2n) is 6.28. The summed E-state index contributed by atoms with van der Waals surface area (Å²) in [5.41, 5.74) is 7.25. The molecule has 0 radical (unpaired) electrons. The first-order valence-corrected chi connectivity index (χ1v) is 10.3. The van der Waals surface area contributed by atoms with Gasteiger partial charge in [0.05, 0.1) is 7.11 Å². The van der Waals surface area contributed by atoms with Crippen LogP contribution in [0.3, 0.4) is 0 Å². The molecule has 1 N–H and O–H groups in total. The van der Waals surface area contributed by atoms with Gasteiger partial charge in [-0.15, -0.1) is 0 Å². The van der Waals surface area contributed by atoms with Crippen LogP contribution in [0.2, 0.25) is 0 Å². The van der Waals surface area contributed by atoms with E-state index in [-0.39, 0.29) is 0 Å². The van der Waals surface area contributed by atoms with E-state index in [9.17, 15) is 0 Å². The lowest BCUT2D eigenvalue weighted by Crippen LogP contribution is -1.98. The maximum absolute atomic E-state index is 5.56. The zero-order valence-corrected chi connectivity index (χ0v) is 18.6. The summed E-state index contributed by atoms with van der Waals surface area (Å²) in [5, 5.41) is 5.39. The largest absolute Gasteiger partial charge is 0.496 e. The molecule has 0 saturated carbocycles. The number of aryl methyl sites for hydroxylation is 2. The molecular weight excluding hydrogens is 350 g/mol. The van der Waals surface area contributed by atoms with Gasteiger partial charge in [0.15, 0.2) is 0 Å². The van der Waals surface area contributed by atoms with Crippen molar-refractivity contribution in [3.63, 3.8) is 0 Å². The zero-order chi connectivity index (χ0) is 20.4. The van der Waals surface area contributed by atoms with E-state index in [2.05, 4.69) is 74.5 Å². The smallest absolute Gasteiger partial charge is 0.124 e. The first kappa shape index (κ1) is 22.9. The lowest BCUT2D eigenvalue weighted by Gasteiger charge is -2.14. The molecule has 0 aliphatic rings. The fraction of sp³-hybridized carbons (Fsp3) is 0.333. The van der Waals surface area contributed by atoms with E-state index in [0.717, 1.165) is 22.8 Å². The number of hydrogen-bond donors (Lipinski definition) is 1. The Morgan fingerprint density at radius 1 is 1.15 bits per heavy atom. The number of thioether (sulfide) groups is 1. The molecule has 2 aromatic carbocycles. The minimum absolute atomic E-state index is 0.863. The highest BCUT2D eigenvalue weighted by molar-refractivity contribution is 8.10. The Balaban J connectivity index is 0.00000176. The number of methoxy groups -OCH3 is 1. The maximum atomic E-state index is 5.56. The van der Waals surface area contributed by atoms with Crippen molar-refractivity contribution in [2.75, 3.05) is 19.5 Å². The summed E-state index contributed by atoms with van der Waals surface area (Å²) < 4.78 is 5.56. The molecule has 2 nitrogen and oxygen atoms in total. The van der Waals surface area contributed by atoms with Gasteiger partial charge in [0.2, 0.25) is 0 Å². The molecule has 0 bridgehead atoms. The maximum Gasteiger partial charge on any atom is 0.124 e. The fourth-order valence-electron chi connectivity index (χ4n) is 2.67. The van der Waals surface area contributed by atoms with Crippen LogP contribution < -0.4 is 10.1 Å². The van der Waals surface area contributed by atoms with Gasteiger partial charge in [0, 0.05) is 23.7 Å². The quantitative estimate of drug-likeness (QED) is 0.545. The molecule has 2 rings (SSSR count). The Morgan fingerprint density at radius 3 is 2.33 bits per heavy atom. The van der Waals surface area contributed by atoms with Gasteiger partial charge in [0.1, 0.15) is 5.75 Å². The molecule has 0 fully saturated rings. The van der Waals surface area contributed by atoms with Gasteiger partial charge in [-0.1, -0.05) is 73.7 Å². The summed E-state index contributed by atoms with van der Waals surface area (Å²) in [7, 11) is 3.65. The van der Waals surface area contributed by atoms with Crippen LogP contribution in [0.25, 0.3) is 4.91 Å². The number of rotatable bonds is 7. The predicted octanol–water partition coefficient (Wildman–Crippen LogP) is 7.23. The van der Waals surface area contributed by atoms with Crippen molar-refractivity contribution in [2.24, 2.45) is 0 Å². The van der Waals surface area contributed by atoms with E-state index in [1.54, 1.807) is 18.9 Å². The topological polar surface area (TPSA) is 21.3 Å². The molecule has 146 valence electrons. The van der Waals surface area contributed by atoms with E-state index in [4.69, 9.17) is 4.74 Å². The zero-order valence-electron chi connectivity index (χ0n) is 17.8. The molecule has 0 spiro atoms. The molecule has 0 aliphatic carbocycles. The molecule has 0 aromatic heterocycles. The van der Waals surface area contributed by atoms with Gasteiger partial charge in [0.25, 0.3) is 0 Å². The molecule has 0 atom stereocenters. The van der Waals surface area contributed by atoms with Crippen molar-refractivity contribution < 1.29 is 4.74 Å². The average Bonchev–Trinajstić information content (AvgIpc) is 2.68. The van der Waals surface area contributed by atoms with Crippen molar-refractivity contribution in [1.29, 1.82) is 0 Å². The number of allylic oxidation sites excluding steroid dienone is 1. The van der Waals surface area contributed by atoms with Gasteiger partial charge in [-0.05, 0) is 49.3 Å². The number of hydrogen-bond acceptors (Lipinski definition) is 3. The molecular formula is C24H33NOS. The number of ether oxygens (including phenoxy) is 1. The second-order valence-corrected chi connectivity index (χ2v) is 7.24. The molecule has 0 aliphatic heterocycles. The van der Waals surface area contributed by atoms with E-state index in [1.165, 1.54) is 27.8 Å². The summed E-state index contributed by atoms with van der Waals surface area (Å²) >= 11 is 1.68. The van der Waals surface area contributed by atoms with Crippen LogP contribution in [0.5, 0.6) is 5.75 Å². The number of nitrogens with one attached hydrogen (secondary N) is 1. The first-order valence-electron chi connectivity index (χ1n) is 9.38. The van der Waals surface area contributed by atoms with E-state index in [1.807, 2.05) is 20.9 Å². The fourth-order valence-corrected chi connectivity index (χ4v) is 3.37. The highest BCUT2D eigenvalue weighted by atomic mass is 32.2. The summed E-state index contributed by atoms with van der Waals surface area (Å²) in [4.78, 5) is 1.06. The molecule has 0 heterocycles. The second kappa shape index (κ2) is 11.6. The summed E-state index contributed by atoms with van der Waals surface area (Å²) in [6, 6.07) is 12.7. The minimum Gasteiger partial charge on any atom is -0.496 e. The Bertz CT molecular complexity index is 776. The predicted molar refractivity (Wildman–Crippen MR) is 124 cm³/mol. The number of anilines is 1. The van der Waals surface area contributed by atoms with Gasteiger partial charge in [-0.3, -0.25) is 0 Å². The Labute approximate surface area is 169 Å². The van der Waals surface area contributed by atoms with Crippen LogP contribution in [0.1, 0.15) is 43.0 Å². The van der Waals surface area contributed by atoms with Crippen molar-refractivity contribution >= 4 is 22.4 Å². The molecule has 3 heteroatoms. The van der Waals surface area contributed by atoms with E-state index in [0.29, 0.717) is 0 Å². The van der Waals surface area contributed by atoms with Gasteiger partial charge < -0.3 is 10.1 Å². The molecule has 0 amide bonds. The van der Waals surface area contributed by atoms with Gasteiger partial charge in [-0.2, -0.15) is 0 Å². The normalized spacial score (nSPS) is 10.7. The standard InChI is InChI=1S/C22H27NOS.C2H6/c1-15-7-9-19(10-8-15)18(4)25-14-16(2)11-20-12-17(3)21(23-5)13-22(20)24-6;1-2/h7-10,12-14,23H,4,11H2,1-3,5-6H3;1-2H3/b16-14+;. The summed E-state index contributed by atoms with van der Waals surface area (Å²) in [6.45, 7) is 14.5. The van der Waals surface area contributed by atoms with Crippen LogP contribution in [0.15, 0.2) is 54.0 Å². The third kappa shape index (κ3) is 6.84. The van der Waals surface area contributed by atoms with Crippen molar-refractivity contribution in [3.8, 4) is 5.75 Å². The van der Waals surface area contributed by atoms with Crippen LogP contribution in [0.4, 0.5) is 5.69 Å². The third-order valence-corrected chi connectivity index (χ3v) is 5.18. The van der Waals surface area contributed by atoms with Gasteiger partial charge >= 0.3 is 0 Å². The van der Waals surface area contributed by atoms with E-state index >= 15 is 0 Å². The highest BCUT2D eigenvalue weighted by Gasteiger charge is 2.08. The Morgan fingerprint density at radius 2 is 1.78 bits per heavy atom. The molecule has 0 unspecified atom stereocenters. The van der Waals surface area contributed by atoms with Crippen LogP contribution in [0, 0.1) is 13.8 Å². The van der Waals surface area contributed by atoms with Crippen LogP contribution >= 0.6 is 11.8 Å². The lowest BCUT2D eigenvalue weighted by atomic mass is 10.0. The lowest BCUT2D eigenvalue weighted by molar-refractivity contribution is 0.410. The summed E-state index contributed by atoms with van der Waals surface area (Å²) in [5.74, 6) is 0.921. The molecule has 27 heavy (non-hydrogen) atoms. The van der Waals surface area contributed by atoms with Crippen molar-refractivity contribution in [3.05, 3.63) is 76.2 Å². The third-order valence-electron chi connectivity index (χ3n) is 4.14. The monoisotopic (exact) mass is 383 g/mol. The minimum atomic E-state index is 0.863. The van der Waals surface area contributed by atoms with Crippen molar-refractivity contribution in [1.82, 2.24) is 0 Å². The van der Waals surface area contributed by atoms with Crippen molar-refractivity contribution in [2.45, 2.75) is 41.0 Å².